The van der Waals surface area contributed by atoms with E-state index in [2.05, 4.69) is 10.3 Å². The van der Waals surface area contributed by atoms with Crippen molar-refractivity contribution >= 4 is 39.2 Å². The highest BCUT2D eigenvalue weighted by Gasteiger charge is 2.15. The highest BCUT2D eigenvalue weighted by molar-refractivity contribution is 7.99. The zero-order chi connectivity index (χ0) is 24.8. The molecule has 35 heavy (non-hydrogen) atoms. The van der Waals surface area contributed by atoms with Crippen LogP contribution in [0.3, 0.4) is 0 Å². The first-order chi connectivity index (χ1) is 17.0. The van der Waals surface area contributed by atoms with Crippen LogP contribution in [0.25, 0.3) is 10.2 Å². The van der Waals surface area contributed by atoms with E-state index in [4.69, 9.17) is 9.47 Å². The third-order valence-electron chi connectivity index (χ3n) is 5.30. The van der Waals surface area contributed by atoms with Gasteiger partial charge in [-0.15, -0.1) is 11.3 Å². The van der Waals surface area contributed by atoms with Gasteiger partial charge < -0.3 is 14.8 Å². The van der Waals surface area contributed by atoms with E-state index >= 15 is 0 Å². The van der Waals surface area contributed by atoms with Gasteiger partial charge in [-0.1, -0.05) is 30.0 Å². The Bertz CT molecular complexity index is 1390. The molecule has 0 spiro atoms. The van der Waals surface area contributed by atoms with Gasteiger partial charge in [0.25, 0.3) is 5.56 Å². The van der Waals surface area contributed by atoms with Gasteiger partial charge in [0.05, 0.1) is 32.0 Å². The van der Waals surface area contributed by atoms with Crippen LogP contribution >= 0.6 is 23.1 Å². The molecule has 0 aliphatic rings. The number of halogens is 1. The lowest BCUT2D eigenvalue weighted by Crippen LogP contribution is -2.28. The Morgan fingerprint density at radius 1 is 1.09 bits per heavy atom. The SMILES string of the molecule is COc1ccc(CCNC(=O)CSc2nc3ccsc3c(=O)n2Cc2ccc(F)cc2)cc1OC. The van der Waals surface area contributed by atoms with Crippen LogP contribution in [0, 0.1) is 5.82 Å². The van der Waals surface area contributed by atoms with E-state index in [9.17, 15) is 14.0 Å². The Hall–Kier alpha value is -3.37. The molecule has 0 radical (unpaired) electrons. The number of fused-ring (bicyclic) bond motifs is 1. The topological polar surface area (TPSA) is 82.5 Å². The number of carbonyl (C=O) groups is 1. The molecular weight excluding hydrogens is 489 g/mol. The van der Waals surface area contributed by atoms with Gasteiger partial charge in [0, 0.05) is 6.54 Å². The van der Waals surface area contributed by atoms with Gasteiger partial charge in [-0.05, 0) is 53.3 Å². The predicted octanol–water partition coefficient (Wildman–Crippen LogP) is 4.11. The third kappa shape index (κ3) is 6.01. The molecule has 1 N–H and O–H groups in total. The molecule has 0 saturated carbocycles. The second kappa shape index (κ2) is 11.4. The Labute approximate surface area is 209 Å². The van der Waals surface area contributed by atoms with Crippen LogP contribution in [-0.4, -0.2) is 42.0 Å². The number of hydrogen-bond donors (Lipinski definition) is 1. The monoisotopic (exact) mass is 513 g/mol. The first-order valence-corrected chi connectivity index (χ1v) is 12.7. The fourth-order valence-electron chi connectivity index (χ4n) is 3.51. The molecule has 0 aliphatic carbocycles. The Morgan fingerprint density at radius 3 is 2.57 bits per heavy atom. The zero-order valence-corrected chi connectivity index (χ0v) is 20.9. The minimum atomic E-state index is -0.340. The number of thioether (sulfide) groups is 1. The quantitative estimate of drug-likeness (QED) is 0.254. The van der Waals surface area contributed by atoms with Crippen molar-refractivity contribution < 1.29 is 18.7 Å². The number of hydrogen-bond acceptors (Lipinski definition) is 7. The lowest BCUT2D eigenvalue weighted by Gasteiger charge is -2.12. The maximum atomic E-state index is 13.3. The summed E-state index contributed by atoms with van der Waals surface area (Å²) in [5.74, 6) is 0.896. The number of nitrogens with one attached hydrogen (secondary N) is 1. The normalized spacial score (nSPS) is 10.9. The van der Waals surface area contributed by atoms with Crippen LogP contribution in [-0.2, 0) is 17.8 Å². The molecule has 0 fully saturated rings. The van der Waals surface area contributed by atoms with Crippen LogP contribution in [0.4, 0.5) is 4.39 Å². The second-order valence-corrected chi connectivity index (χ2v) is 9.48. The molecule has 0 atom stereocenters. The summed E-state index contributed by atoms with van der Waals surface area (Å²) in [7, 11) is 3.16. The number of thiophene rings is 1. The van der Waals surface area contributed by atoms with Crippen molar-refractivity contribution in [3.8, 4) is 11.5 Å². The van der Waals surface area contributed by atoms with Gasteiger partial charge in [-0.25, -0.2) is 9.37 Å². The first-order valence-electron chi connectivity index (χ1n) is 10.8. The number of ether oxygens (including phenoxy) is 2. The van der Waals surface area contributed by atoms with Gasteiger partial charge in [0.1, 0.15) is 10.5 Å². The molecule has 2 heterocycles. The van der Waals surface area contributed by atoms with Crippen molar-refractivity contribution in [2.45, 2.75) is 18.1 Å². The van der Waals surface area contributed by atoms with Gasteiger partial charge >= 0.3 is 0 Å². The Balaban J connectivity index is 1.41. The summed E-state index contributed by atoms with van der Waals surface area (Å²) in [6.45, 7) is 0.692. The van der Waals surface area contributed by atoms with Crippen molar-refractivity contribution in [2.75, 3.05) is 26.5 Å². The number of nitrogens with zero attached hydrogens (tertiary/aromatic N) is 2. The molecule has 0 bridgehead atoms. The summed E-state index contributed by atoms with van der Waals surface area (Å²) < 4.78 is 26.0. The lowest BCUT2D eigenvalue weighted by atomic mass is 10.1. The Kier molecular flexibility index (Phi) is 8.04. The number of amides is 1. The molecule has 4 rings (SSSR count). The summed E-state index contributed by atoms with van der Waals surface area (Å²) in [4.78, 5) is 30.2. The van der Waals surface area contributed by atoms with Gasteiger partial charge in [0.15, 0.2) is 16.7 Å². The van der Waals surface area contributed by atoms with Crippen molar-refractivity contribution in [2.24, 2.45) is 0 Å². The minimum Gasteiger partial charge on any atom is -0.493 e. The smallest absolute Gasteiger partial charge is 0.272 e. The summed E-state index contributed by atoms with van der Waals surface area (Å²) in [5, 5.41) is 5.16. The lowest BCUT2D eigenvalue weighted by molar-refractivity contribution is -0.118. The van der Waals surface area contributed by atoms with Crippen molar-refractivity contribution in [3.63, 3.8) is 0 Å². The number of benzene rings is 2. The van der Waals surface area contributed by atoms with E-state index in [1.165, 1.54) is 39.8 Å². The summed E-state index contributed by atoms with van der Waals surface area (Å²) in [5.41, 5.74) is 2.21. The molecule has 0 unspecified atom stereocenters. The molecule has 182 valence electrons. The molecule has 4 aromatic rings. The summed E-state index contributed by atoms with van der Waals surface area (Å²) in [6, 6.07) is 13.4. The van der Waals surface area contributed by atoms with E-state index in [0.717, 1.165) is 11.1 Å². The van der Waals surface area contributed by atoms with E-state index in [-0.39, 0.29) is 29.6 Å². The fourth-order valence-corrected chi connectivity index (χ4v) is 5.12. The maximum absolute atomic E-state index is 13.3. The van der Waals surface area contributed by atoms with E-state index in [1.807, 2.05) is 23.6 Å². The molecule has 7 nitrogen and oxygen atoms in total. The summed E-state index contributed by atoms with van der Waals surface area (Å²) >= 11 is 2.53. The largest absolute Gasteiger partial charge is 0.493 e. The molecular formula is C25H24FN3O4S2. The third-order valence-corrected chi connectivity index (χ3v) is 7.17. The van der Waals surface area contributed by atoms with Crippen molar-refractivity contribution in [3.05, 3.63) is 81.2 Å². The van der Waals surface area contributed by atoms with Gasteiger partial charge in [-0.3, -0.25) is 14.2 Å². The second-order valence-electron chi connectivity index (χ2n) is 7.63. The highest BCUT2D eigenvalue weighted by atomic mass is 32.2. The molecule has 10 heteroatoms. The van der Waals surface area contributed by atoms with Crippen LogP contribution in [0.2, 0.25) is 0 Å². The van der Waals surface area contributed by atoms with E-state index in [1.54, 1.807) is 32.4 Å². The number of carbonyl (C=O) groups excluding carboxylic acids is 1. The van der Waals surface area contributed by atoms with Crippen molar-refractivity contribution in [1.29, 1.82) is 0 Å². The standard InChI is InChI=1S/C25H24FN3O4S2/c1-32-20-8-5-16(13-21(20)33-2)9-11-27-22(30)15-35-25-28-19-10-12-34-23(19)24(31)29(25)14-17-3-6-18(26)7-4-17/h3-8,10,12-13H,9,11,14-15H2,1-2H3,(H,27,30). The number of aromatic nitrogens is 2. The number of rotatable bonds is 10. The Morgan fingerprint density at radius 2 is 1.83 bits per heavy atom. The molecule has 0 saturated heterocycles. The minimum absolute atomic E-state index is 0.109. The van der Waals surface area contributed by atoms with E-state index < -0.39 is 0 Å². The zero-order valence-electron chi connectivity index (χ0n) is 19.2. The van der Waals surface area contributed by atoms with Gasteiger partial charge in [-0.2, -0.15) is 0 Å². The average Bonchev–Trinajstić information content (AvgIpc) is 3.34. The number of methoxy groups -OCH3 is 2. The molecule has 1 amide bonds. The van der Waals surface area contributed by atoms with Crippen LogP contribution in [0.15, 0.2) is 63.9 Å². The van der Waals surface area contributed by atoms with Crippen LogP contribution < -0.4 is 20.3 Å². The molecule has 2 aromatic carbocycles. The van der Waals surface area contributed by atoms with Crippen molar-refractivity contribution in [1.82, 2.24) is 14.9 Å². The fraction of sp³-hybridized carbons (Fsp3) is 0.240. The molecule has 2 aromatic heterocycles. The summed E-state index contributed by atoms with van der Waals surface area (Å²) in [6.07, 6.45) is 0.630. The maximum Gasteiger partial charge on any atom is 0.272 e. The average molecular weight is 514 g/mol. The predicted molar refractivity (Wildman–Crippen MR) is 136 cm³/mol. The molecule has 0 aliphatic heterocycles. The van der Waals surface area contributed by atoms with Crippen LogP contribution in [0.1, 0.15) is 11.1 Å². The first kappa shape index (κ1) is 24.7. The van der Waals surface area contributed by atoms with Crippen LogP contribution in [0.5, 0.6) is 11.5 Å². The van der Waals surface area contributed by atoms with E-state index in [0.29, 0.717) is 39.8 Å². The highest BCUT2D eigenvalue weighted by Crippen LogP contribution is 2.27. The van der Waals surface area contributed by atoms with Gasteiger partial charge in [0.2, 0.25) is 5.91 Å².